The number of benzene rings is 1. The van der Waals surface area contributed by atoms with Gasteiger partial charge in [-0.2, -0.15) is 0 Å². The van der Waals surface area contributed by atoms with Gasteiger partial charge in [0.25, 0.3) is 0 Å². The van der Waals surface area contributed by atoms with Gasteiger partial charge in [-0.15, -0.1) is 0 Å². The first-order valence-electron chi connectivity index (χ1n) is 6.99. The number of hydrogen-bond donors (Lipinski definition) is 1. The van der Waals surface area contributed by atoms with Crippen molar-refractivity contribution < 1.29 is 4.39 Å². The fourth-order valence-corrected chi connectivity index (χ4v) is 3.41. The Kier molecular flexibility index (Phi) is 5.02. The van der Waals surface area contributed by atoms with Crippen molar-refractivity contribution in [1.29, 1.82) is 0 Å². The molecule has 0 radical (unpaired) electrons. The van der Waals surface area contributed by atoms with Gasteiger partial charge in [-0.05, 0) is 43.8 Å². The van der Waals surface area contributed by atoms with E-state index in [4.69, 9.17) is 17.3 Å². The van der Waals surface area contributed by atoms with Gasteiger partial charge in [0.1, 0.15) is 5.82 Å². The van der Waals surface area contributed by atoms with E-state index in [9.17, 15) is 4.39 Å². The third-order valence-corrected chi connectivity index (χ3v) is 4.42. The van der Waals surface area contributed by atoms with Crippen LogP contribution < -0.4 is 5.73 Å². The summed E-state index contributed by atoms with van der Waals surface area (Å²) < 4.78 is 13.5. The van der Waals surface area contributed by atoms with Crippen molar-refractivity contribution in [3.63, 3.8) is 0 Å². The fraction of sp³-hybridized carbons (Fsp3) is 0.600. The molecular formula is C15H23ClFN3. The molecule has 1 aromatic carbocycles. The highest BCUT2D eigenvalue weighted by Gasteiger charge is 2.34. The monoisotopic (exact) mass is 299 g/mol. The molecule has 112 valence electrons. The lowest BCUT2D eigenvalue weighted by molar-refractivity contribution is 0.219. The van der Waals surface area contributed by atoms with Crippen LogP contribution in [-0.4, -0.2) is 49.6 Å². The molecule has 3 unspecified atom stereocenters. The summed E-state index contributed by atoms with van der Waals surface area (Å²) in [5.74, 6) is 0.269. The fourth-order valence-electron chi connectivity index (χ4n) is 3.18. The SMILES string of the molecule is CC1CN(C(CN)c2cc(F)cc(Cl)c2)CC1N(C)C. The standard InChI is InChI=1S/C15H23ClFN3/c1-10-8-20(9-15(10)19(2)3)14(7-18)11-4-12(16)6-13(17)5-11/h4-6,10,14-15H,7-9,18H2,1-3H3. The average Bonchev–Trinajstić information content (AvgIpc) is 2.71. The van der Waals surface area contributed by atoms with E-state index < -0.39 is 0 Å². The third kappa shape index (κ3) is 3.31. The van der Waals surface area contributed by atoms with Gasteiger partial charge in [-0.1, -0.05) is 18.5 Å². The van der Waals surface area contributed by atoms with Crippen LogP contribution in [0.15, 0.2) is 18.2 Å². The predicted octanol–water partition coefficient (Wildman–Crippen LogP) is 2.36. The molecule has 2 N–H and O–H groups in total. The normalized spacial score (nSPS) is 25.4. The molecule has 0 aromatic heterocycles. The van der Waals surface area contributed by atoms with Crippen molar-refractivity contribution >= 4 is 11.6 Å². The molecule has 1 heterocycles. The molecular weight excluding hydrogens is 277 g/mol. The van der Waals surface area contributed by atoms with Crippen molar-refractivity contribution in [2.75, 3.05) is 33.7 Å². The van der Waals surface area contributed by atoms with Gasteiger partial charge >= 0.3 is 0 Å². The summed E-state index contributed by atoms with van der Waals surface area (Å²) in [4.78, 5) is 4.58. The lowest BCUT2D eigenvalue weighted by Gasteiger charge is -2.28. The van der Waals surface area contributed by atoms with Crippen molar-refractivity contribution in [2.45, 2.75) is 19.0 Å². The van der Waals surface area contributed by atoms with Gasteiger partial charge in [0, 0.05) is 36.7 Å². The van der Waals surface area contributed by atoms with Crippen molar-refractivity contribution in [3.8, 4) is 0 Å². The van der Waals surface area contributed by atoms with Crippen LogP contribution in [0.5, 0.6) is 0 Å². The highest BCUT2D eigenvalue weighted by molar-refractivity contribution is 6.30. The second-order valence-electron chi connectivity index (χ2n) is 5.92. The van der Waals surface area contributed by atoms with Gasteiger partial charge in [-0.25, -0.2) is 4.39 Å². The van der Waals surface area contributed by atoms with Gasteiger partial charge < -0.3 is 10.6 Å². The Bertz CT molecular complexity index is 446. The zero-order valence-corrected chi connectivity index (χ0v) is 13.1. The molecule has 3 atom stereocenters. The van der Waals surface area contributed by atoms with Gasteiger partial charge in [-0.3, -0.25) is 4.90 Å². The first-order valence-corrected chi connectivity index (χ1v) is 7.36. The van der Waals surface area contributed by atoms with E-state index in [2.05, 4.69) is 30.8 Å². The van der Waals surface area contributed by atoms with E-state index in [1.807, 2.05) is 6.07 Å². The number of rotatable bonds is 4. The molecule has 0 bridgehead atoms. The van der Waals surface area contributed by atoms with Crippen molar-refractivity contribution in [1.82, 2.24) is 9.80 Å². The highest BCUT2D eigenvalue weighted by atomic mass is 35.5. The minimum Gasteiger partial charge on any atom is -0.329 e. The second-order valence-corrected chi connectivity index (χ2v) is 6.35. The summed E-state index contributed by atoms with van der Waals surface area (Å²) in [6.45, 7) is 4.63. The number of likely N-dealkylation sites (N-methyl/N-ethyl adjacent to an activating group) is 1. The molecule has 0 saturated carbocycles. The second kappa shape index (κ2) is 6.39. The Morgan fingerprint density at radius 1 is 1.40 bits per heavy atom. The number of hydrogen-bond acceptors (Lipinski definition) is 3. The van der Waals surface area contributed by atoms with E-state index in [0.29, 0.717) is 23.5 Å². The molecule has 1 aliphatic rings. The van der Waals surface area contributed by atoms with Crippen LogP contribution in [-0.2, 0) is 0 Å². The zero-order valence-electron chi connectivity index (χ0n) is 12.3. The third-order valence-electron chi connectivity index (χ3n) is 4.20. The molecule has 1 aromatic rings. The Hall–Kier alpha value is -0.680. The maximum atomic E-state index is 13.5. The van der Waals surface area contributed by atoms with Crippen LogP contribution in [0.2, 0.25) is 5.02 Å². The maximum Gasteiger partial charge on any atom is 0.125 e. The largest absolute Gasteiger partial charge is 0.329 e. The van der Waals surface area contributed by atoms with E-state index in [1.165, 1.54) is 12.1 Å². The van der Waals surface area contributed by atoms with Crippen LogP contribution in [0.1, 0.15) is 18.5 Å². The minimum atomic E-state index is -0.303. The predicted molar refractivity (Wildman–Crippen MR) is 81.4 cm³/mol. The summed E-state index contributed by atoms with van der Waals surface area (Å²) >= 11 is 5.96. The number of nitrogens with zero attached hydrogens (tertiary/aromatic N) is 2. The van der Waals surface area contributed by atoms with Gasteiger partial charge in [0.2, 0.25) is 0 Å². The van der Waals surface area contributed by atoms with Gasteiger partial charge in [0.15, 0.2) is 0 Å². The molecule has 1 saturated heterocycles. The Morgan fingerprint density at radius 2 is 2.10 bits per heavy atom. The molecule has 2 rings (SSSR count). The summed E-state index contributed by atoms with van der Waals surface area (Å²) in [6, 6.07) is 5.21. The lowest BCUT2D eigenvalue weighted by Crippen LogP contribution is -2.36. The van der Waals surface area contributed by atoms with Crippen LogP contribution in [0.3, 0.4) is 0 Å². The van der Waals surface area contributed by atoms with Crippen LogP contribution in [0.25, 0.3) is 0 Å². The zero-order chi connectivity index (χ0) is 14.9. The molecule has 1 aliphatic heterocycles. The summed E-state index contributed by atoms with van der Waals surface area (Å²) in [7, 11) is 4.20. The smallest absolute Gasteiger partial charge is 0.125 e. The summed E-state index contributed by atoms with van der Waals surface area (Å²) in [5.41, 5.74) is 6.80. The van der Waals surface area contributed by atoms with E-state index >= 15 is 0 Å². The Labute approximate surface area is 125 Å². The number of likely N-dealkylation sites (tertiary alicyclic amines) is 1. The number of halogens is 2. The minimum absolute atomic E-state index is 0.0237. The Balaban J connectivity index is 2.21. The highest BCUT2D eigenvalue weighted by Crippen LogP contribution is 2.30. The van der Waals surface area contributed by atoms with Crippen molar-refractivity contribution in [2.24, 2.45) is 11.7 Å². The molecule has 20 heavy (non-hydrogen) atoms. The Morgan fingerprint density at radius 3 is 2.60 bits per heavy atom. The first-order chi connectivity index (χ1) is 9.42. The maximum absolute atomic E-state index is 13.5. The van der Waals surface area contributed by atoms with Crippen molar-refractivity contribution in [3.05, 3.63) is 34.6 Å². The quantitative estimate of drug-likeness (QED) is 0.926. The van der Waals surface area contributed by atoms with E-state index in [1.54, 1.807) is 0 Å². The van der Waals surface area contributed by atoms with Crippen LogP contribution in [0, 0.1) is 11.7 Å². The average molecular weight is 300 g/mol. The molecule has 0 amide bonds. The van der Waals surface area contributed by atoms with E-state index in [-0.39, 0.29) is 11.9 Å². The number of nitrogens with two attached hydrogens (primary N) is 1. The first kappa shape index (κ1) is 15.7. The molecule has 5 heteroatoms. The lowest BCUT2D eigenvalue weighted by atomic mass is 10.1. The van der Waals surface area contributed by atoms with E-state index in [0.717, 1.165) is 18.7 Å². The molecule has 0 aliphatic carbocycles. The van der Waals surface area contributed by atoms with Crippen LogP contribution in [0.4, 0.5) is 4.39 Å². The summed E-state index contributed by atoms with van der Waals surface area (Å²) in [6.07, 6.45) is 0. The molecule has 0 spiro atoms. The molecule has 3 nitrogen and oxygen atoms in total. The van der Waals surface area contributed by atoms with Crippen LogP contribution >= 0.6 is 11.6 Å². The van der Waals surface area contributed by atoms with Gasteiger partial charge in [0.05, 0.1) is 0 Å². The molecule has 1 fully saturated rings. The summed E-state index contributed by atoms with van der Waals surface area (Å²) in [5, 5.41) is 0.426. The topological polar surface area (TPSA) is 32.5 Å².